The second kappa shape index (κ2) is 7.99. The zero-order chi connectivity index (χ0) is 21.0. The minimum Gasteiger partial charge on any atom is -0.393 e. The Labute approximate surface area is 181 Å². The van der Waals surface area contributed by atoms with Crippen molar-refractivity contribution in [1.29, 1.82) is 0 Å². The van der Waals surface area contributed by atoms with Gasteiger partial charge >= 0.3 is 0 Å². The van der Waals surface area contributed by atoms with Crippen LogP contribution in [0.5, 0.6) is 0 Å². The van der Waals surface area contributed by atoms with Gasteiger partial charge in [0.15, 0.2) is 0 Å². The van der Waals surface area contributed by atoms with Gasteiger partial charge in [-0.1, -0.05) is 46.3 Å². The topological polar surface area (TPSA) is 20.2 Å². The van der Waals surface area contributed by atoms with Crippen molar-refractivity contribution in [1.82, 2.24) is 0 Å². The van der Waals surface area contributed by atoms with Crippen LogP contribution in [-0.4, -0.2) is 11.2 Å². The summed E-state index contributed by atoms with van der Waals surface area (Å²) >= 11 is 0. The largest absolute Gasteiger partial charge is 0.393 e. The van der Waals surface area contributed by atoms with E-state index in [0.717, 1.165) is 48.3 Å². The van der Waals surface area contributed by atoms with Crippen LogP contribution in [0.3, 0.4) is 0 Å². The molecule has 166 valence electrons. The summed E-state index contributed by atoms with van der Waals surface area (Å²) in [5.74, 6) is 6.09. The highest BCUT2D eigenvalue weighted by Gasteiger charge is 2.60. The molecule has 4 rings (SSSR count). The maximum Gasteiger partial charge on any atom is 0.0543 e. The monoisotopic (exact) mass is 400 g/mol. The van der Waals surface area contributed by atoms with E-state index < -0.39 is 0 Å². The first-order valence-corrected chi connectivity index (χ1v) is 13.0. The Morgan fingerprint density at radius 2 is 1.62 bits per heavy atom. The van der Waals surface area contributed by atoms with Crippen LogP contribution in [0.2, 0.25) is 0 Å². The Morgan fingerprint density at radius 1 is 0.931 bits per heavy atom. The molecule has 0 aromatic carbocycles. The van der Waals surface area contributed by atoms with E-state index in [9.17, 15) is 5.11 Å². The lowest BCUT2D eigenvalue weighted by atomic mass is 9.44. The van der Waals surface area contributed by atoms with Crippen molar-refractivity contribution in [3.05, 3.63) is 11.6 Å². The molecule has 0 aromatic heterocycles. The second-order valence-electron chi connectivity index (χ2n) is 12.6. The smallest absolute Gasteiger partial charge is 0.0543 e. The molecule has 4 aliphatic rings. The average molecular weight is 401 g/mol. The molecule has 29 heavy (non-hydrogen) atoms. The maximum absolute atomic E-state index is 10.3. The molecule has 4 aliphatic carbocycles. The molecule has 1 heteroatoms. The standard InChI is InChI=1S/C28H48O/c1-18(2)19(3)7-8-20(4)24-11-12-25-23-10-9-21-17-22(29)13-15-27(21,5)26(23)14-16-28(24,25)6/h7,18,20-26,29H,8-17H2,1-6H3/b19-7+/t20-,21?,22+,23?,24?,25?,26?,27+,28-/m1/s1. The first-order valence-electron chi connectivity index (χ1n) is 13.0. The minimum atomic E-state index is -0.0162. The normalized spacial score (nSPS) is 48.8. The van der Waals surface area contributed by atoms with Crippen molar-refractivity contribution in [2.24, 2.45) is 52.3 Å². The summed E-state index contributed by atoms with van der Waals surface area (Å²) in [6, 6.07) is 0. The van der Waals surface area contributed by atoms with E-state index in [0.29, 0.717) is 16.7 Å². The average Bonchev–Trinajstić information content (AvgIpc) is 3.03. The summed E-state index contributed by atoms with van der Waals surface area (Å²) in [5, 5.41) is 10.3. The van der Waals surface area contributed by atoms with Gasteiger partial charge in [0.05, 0.1) is 6.10 Å². The third-order valence-electron chi connectivity index (χ3n) is 11.1. The van der Waals surface area contributed by atoms with E-state index in [2.05, 4.69) is 47.6 Å². The molecular weight excluding hydrogens is 352 g/mol. The molecule has 4 fully saturated rings. The summed E-state index contributed by atoms with van der Waals surface area (Å²) < 4.78 is 0. The molecule has 0 heterocycles. The van der Waals surface area contributed by atoms with Crippen LogP contribution in [0.25, 0.3) is 0 Å². The Kier molecular flexibility index (Phi) is 6.04. The molecule has 4 saturated carbocycles. The molecule has 0 amide bonds. The maximum atomic E-state index is 10.3. The van der Waals surface area contributed by atoms with Crippen LogP contribution in [0.4, 0.5) is 0 Å². The Hall–Kier alpha value is -0.300. The highest BCUT2D eigenvalue weighted by Crippen LogP contribution is 2.68. The first-order chi connectivity index (χ1) is 13.7. The molecule has 0 saturated heterocycles. The summed E-state index contributed by atoms with van der Waals surface area (Å²) in [6.07, 6.45) is 16.0. The number of hydrogen-bond acceptors (Lipinski definition) is 1. The summed E-state index contributed by atoms with van der Waals surface area (Å²) in [5.41, 5.74) is 2.67. The van der Waals surface area contributed by atoms with Crippen LogP contribution in [0, 0.1) is 52.3 Å². The summed E-state index contributed by atoms with van der Waals surface area (Å²) in [4.78, 5) is 0. The third-order valence-corrected chi connectivity index (χ3v) is 11.1. The van der Waals surface area contributed by atoms with E-state index in [4.69, 9.17) is 0 Å². The molecule has 0 bridgehead atoms. The molecule has 1 nitrogen and oxygen atoms in total. The van der Waals surface area contributed by atoms with Crippen molar-refractivity contribution < 1.29 is 5.11 Å². The Balaban J connectivity index is 1.49. The van der Waals surface area contributed by atoms with Crippen LogP contribution in [0.15, 0.2) is 11.6 Å². The lowest BCUT2D eigenvalue weighted by molar-refractivity contribution is -0.129. The number of aliphatic hydroxyl groups excluding tert-OH is 1. The fraction of sp³-hybridized carbons (Fsp3) is 0.929. The molecule has 1 N–H and O–H groups in total. The number of rotatable bonds is 4. The van der Waals surface area contributed by atoms with E-state index in [1.807, 2.05) is 0 Å². The van der Waals surface area contributed by atoms with Crippen LogP contribution in [0.1, 0.15) is 106 Å². The van der Waals surface area contributed by atoms with E-state index >= 15 is 0 Å². The summed E-state index contributed by atoms with van der Waals surface area (Å²) in [7, 11) is 0. The Bertz CT molecular complexity index is 620. The van der Waals surface area contributed by atoms with Gasteiger partial charge < -0.3 is 5.11 Å². The fourth-order valence-corrected chi connectivity index (χ4v) is 8.98. The quantitative estimate of drug-likeness (QED) is 0.481. The SMILES string of the molecule is C/C(=C\C[C@@H](C)C1CCC2C3CCC4C[C@@H](O)CC[C@]4(C)C3CC[C@@]21C)C(C)C. The van der Waals surface area contributed by atoms with Crippen LogP contribution >= 0.6 is 0 Å². The fourth-order valence-electron chi connectivity index (χ4n) is 8.98. The van der Waals surface area contributed by atoms with Gasteiger partial charge in [0.1, 0.15) is 0 Å². The molecule has 0 aliphatic heterocycles. The van der Waals surface area contributed by atoms with Crippen molar-refractivity contribution in [3.63, 3.8) is 0 Å². The lowest BCUT2D eigenvalue weighted by Crippen LogP contribution is -2.54. The lowest BCUT2D eigenvalue weighted by Gasteiger charge is -2.61. The zero-order valence-electron chi connectivity index (χ0n) is 20.2. The van der Waals surface area contributed by atoms with Gasteiger partial charge in [0, 0.05) is 0 Å². The zero-order valence-corrected chi connectivity index (χ0v) is 20.2. The van der Waals surface area contributed by atoms with Crippen molar-refractivity contribution in [2.45, 2.75) is 112 Å². The summed E-state index contributed by atoms with van der Waals surface area (Å²) in [6.45, 7) is 14.8. The number of hydrogen-bond donors (Lipinski definition) is 1. The predicted octanol–water partition coefficient (Wildman–Crippen LogP) is 7.63. The molecule has 5 unspecified atom stereocenters. The number of fused-ring (bicyclic) bond motifs is 5. The molecule has 0 spiro atoms. The van der Waals surface area contributed by atoms with E-state index in [1.54, 1.807) is 5.57 Å². The highest BCUT2D eigenvalue weighted by molar-refractivity contribution is 5.10. The van der Waals surface area contributed by atoms with Crippen molar-refractivity contribution >= 4 is 0 Å². The van der Waals surface area contributed by atoms with Gasteiger partial charge in [0.2, 0.25) is 0 Å². The molecule has 0 aromatic rings. The Morgan fingerprint density at radius 3 is 2.34 bits per heavy atom. The highest BCUT2D eigenvalue weighted by atomic mass is 16.3. The van der Waals surface area contributed by atoms with E-state index in [1.165, 1.54) is 51.4 Å². The van der Waals surface area contributed by atoms with Gasteiger partial charge in [-0.2, -0.15) is 0 Å². The van der Waals surface area contributed by atoms with Crippen LogP contribution in [-0.2, 0) is 0 Å². The first kappa shape index (κ1) is 21.9. The van der Waals surface area contributed by atoms with Crippen molar-refractivity contribution in [2.75, 3.05) is 0 Å². The van der Waals surface area contributed by atoms with E-state index in [-0.39, 0.29) is 6.10 Å². The second-order valence-corrected chi connectivity index (χ2v) is 12.6. The van der Waals surface area contributed by atoms with Gasteiger partial charge in [-0.25, -0.2) is 0 Å². The minimum absolute atomic E-state index is 0.0162. The van der Waals surface area contributed by atoms with Crippen LogP contribution < -0.4 is 0 Å². The number of allylic oxidation sites excluding steroid dienone is 2. The van der Waals surface area contributed by atoms with Crippen molar-refractivity contribution in [3.8, 4) is 0 Å². The predicted molar refractivity (Wildman–Crippen MR) is 124 cm³/mol. The number of aliphatic hydroxyl groups is 1. The molecule has 0 radical (unpaired) electrons. The van der Waals surface area contributed by atoms with Gasteiger partial charge in [0.25, 0.3) is 0 Å². The van der Waals surface area contributed by atoms with Gasteiger partial charge in [-0.3, -0.25) is 0 Å². The molecular formula is C28H48O. The molecule has 9 atom stereocenters. The van der Waals surface area contributed by atoms with Gasteiger partial charge in [-0.05, 0) is 123 Å². The third kappa shape index (κ3) is 3.66. The van der Waals surface area contributed by atoms with Gasteiger partial charge in [-0.15, -0.1) is 0 Å².